The van der Waals surface area contributed by atoms with Gasteiger partial charge < -0.3 is 0 Å². The molecule has 0 N–H and O–H groups in total. The molecule has 1 aliphatic carbocycles. The Morgan fingerprint density at radius 3 is 0.968 bits per heavy atom. The Balaban J connectivity index is 1.10. The molecule has 2 heterocycles. The molecule has 0 aliphatic heterocycles. The van der Waals surface area contributed by atoms with Gasteiger partial charge in [0.15, 0.2) is 0 Å². The Hall–Kier alpha value is -7.36. The second-order valence-electron chi connectivity index (χ2n) is 16.7. The molecule has 0 saturated carbocycles. The van der Waals surface area contributed by atoms with Gasteiger partial charge in [0.25, 0.3) is 0 Å². The quantitative estimate of drug-likeness (QED) is 0.152. The molecule has 11 aromatic carbocycles. The number of fused-ring (bicyclic) bond motifs is 20. The Bertz CT molecular complexity index is 3780. The van der Waals surface area contributed by atoms with Crippen molar-refractivity contribution in [2.24, 2.45) is 0 Å². The van der Waals surface area contributed by atoms with E-state index in [1.165, 1.54) is 139 Å². The van der Waals surface area contributed by atoms with Gasteiger partial charge in [-0.15, -0.1) is 22.7 Å². The Kier molecular flexibility index (Phi) is 7.24. The molecule has 0 spiro atoms. The molecule has 2 aromatic heterocycles. The molecule has 0 fully saturated rings. The van der Waals surface area contributed by atoms with Crippen molar-refractivity contribution >= 4 is 95.3 Å². The lowest BCUT2D eigenvalue weighted by Crippen LogP contribution is -1.99. The molecule has 62 heavy (non-hydrogen) atoms. The largest absolute Gasteiger partial charge is 0.135 e. The van der Waals surface area contributed by atoms with Gasteiger partial charge in [-0.3, -0.25) is 0 Å². The van der Waals surface area contributed by atoms with Crippen LogP contribution < -0.4 is 0 Å². The maximum Gasteiger partial charge on any atom is 0.0433 e. The normalized spacial score (nSPS) is 12.2. The van der Waals surface area contributed by atoms with E-state index in [1.807, 2.05) is 22.7 Å². The van der Waals surface area contributed by atoms with Crippen LogP contribution in [0.2, 0.25) is 0 Å². The van der Waals surface area contributed by atoms with Crippen LogP contribution in [0.15, 0.2) is 206 Å². The van der Waals surface area contributed by atoms with E-state index in [9.17, 15) is 0 Å². The zero-order valence-electron chi connectivity index (χ0n) is 33.4. The molecule has 0 unspecified atom stereocenters. The fourth-order valence-electron chi connectivity index (χ4n) is 10.6. The summed E-state index contributed by atoms with van der Waals surface area (Å²) < 4.78 is 5.32. The second kappa shape index (κ2) is 13.1. The summed E-state index contributed by atoms with van der Waals surface area (Å²) in [6.07, 6.45) is 0. The van der Waals surface area contributed by atoms with E-state index in [2.05, 4.69) is 206 Å². The first-order valence-electron chi connectivity index (χ1n) is 21.3. The predicted octanol–water partition coefficient (Wildman–Crippen LogP) is 18.2. The number of hydrogen-bond acceptors (Lipinski definition) is 2. The lowest BCUT2D eigenvalue weighted by Gasteiger charge is -2.25. The van der Waals surface area contributed by atoms with Crippen LogP contribution in [0.25, 0.3) is 139 Å². The number of rotatable bonds is 2. The molecule has 0 radical (unpaired) electrons. The number of benzene rings is 11. The fraction of sp³-hybridized carbons (Fsp3) is 0. The molecule has 0 nitrogen and oxygen atoms in total. The first-order chi connectivity index (χ1) is 30.7. The first kappa shape index (κ1) is 34.4. The van der Waals surface area contributed by atoms with Crippen molar-refractivity contribution < 1.29 is 0 Å². The molecule has 14 rings (SSSR count). The minimum Gasteiger partial charge on any atom is -0.135 e. The summed E-state index contributed by atoms with van der Waals surface area (Å²) in [7, 11) is 0. The standard InChI is InChI=1S/C60H34S2/c1-3-15-41-39(13-1)40-14-2-4-16-42(40)54-34-56-46-30-28-36(38-22-12-24-50-48-20-8-10-26-58(48)62-60(38)50)32-52(46)44-18-6-5-17-43(44)51-31-35(27-29-45(51)55(56)33-53(41)54)37-21-11-23-49-47-19-7-9-25-57(47)61-59(37)49/h1-34H. The van der Waals surface area contributed by atoms with Crippen molar-refractivity contribution in [2.45, 2.75) is 0 Å². The predicted molar refractivity (Wildman–Crippen MR) is 271 cm³/mol. The molecule has 0 atom stereocenters. The van der Waals surface area contributed by atoms with Crippen LogP contribution in [0.4, 0.5) is 0 Å². The minimum atomic E-state index is 1.24. The van der Waals surface area contributed by atoms with Crippen molar-refractivity contribution in [1.82, 2.24) is 0 Å². The Morgan fingerprint density at radius 1 is 0.194 bits per heavy atom. The fourth-order valence-corrected chi connectivity index (χ4v) is 13.1. The Labute approximate surface area is 366 Å². The SMILES string of the molecule is c1ccc2c(c1)-c1cc(-c3cccc4c3sc3ccccc34)ccc1-c1cc3c4ccccc4c4ccccc4c3cc1-c1ccc(-c3cccc4c3sc3ccccc34)cc1-2. The van der Waals surface area contributed by atoms with E-state index >= 15 is 0 Å². The van der Waals surface area contributed by atoms with E-state index in [-0.39, 0.29) is 0 Å². The molecule has 1 aliphatic rings. The molecule has 2 heteroatoms. The van der Waals surface area contributed by atoms with Gasteiger partial charge in [-0.25, -0.2) is 0 Å². The van der Waals surface area contributed by atoms with Crippen molar-refractivity contribution in [3.05, 3.63) is 206 Å². The smallest absolute Gasteiger partial charge is 0.0433 e. The molecular formula is C60H34S2. The summed E-state index contributed by atoms with van der Waals surface area (Å²) in [5.74, 6) is 0. The van der Waals surface area contributed by atoms with Crippen LogP contribution in [0.3, 0.4) is 0 Å². The molecular weight excluding hydrogens is 785 g/mol. The van der Waals surface area contributed by atoms with E-state index in [4.69, 9.17) is 0 Å². The van der Waals surface area contributed by atoms with Crippen molar-refractivity contribution in [3.8, 4) is 66.8 Å². The molecule has 286 valence electrons. The van der Waals surface area contributed by atoms with Gasteiger partial charge in [-0.05, 0) is 135 Å². The third kappa shape index (κ3) is 4.88. The van der Waals surface area contributed by atoms with E-state index in [0.29, 0.717) is 0 Å². The molecule has 0 amide bonds. The lowest BCUT2D eigenvalue weighted by molar-refractivity contribution is 1.53. The highest BCUT2D eigenvalue weighted by Gasteiger charge is 2.25. The first-order valence-corrected chi connectivity index (χ1v) is 23.0. The second-order valence-corrected chi connectivity index (χ2v) is 18.8. The maximum absolute atomic E-state index is 2.51. The van der Waals surface area contributed by atoms with E-state index in [0.717, 1.165) is 0 Å². The van der Waals surface area contributed by atoms with E-state index < -0.39 is 0 Å². The minimum absolute atomic E-state index is 1.24. The lowest BCUT2D eigenvalue weighted by atomic mass is 9.78. The summed E-state index contributed by atoms with van der Waals surface area (Å²) in [5, 5.41) is 13.0. The van der Waals surface area contributed by atoms with Crippen LogP contribution in [-0.2, 0) is 0 Å². The summed E-state index contributed by atoms with van der Waals surface area (Å²) in [5.41, 5.74) is 15.1. The highest BCUT2D eigenvalue weighted by atomic mass is 32.1. The average molecular weight is 819 g/mol. The maximum atomic E-state index is 2.51. The molecule has 0 bridgehead atoms. The monoisotopic (exact) mass is 818 g/mol. The summed E-state index contributed by atoms with van der Waals surface area (Å²) >= 11 is 3.80. The Morgan fingerprint density at radius 2 is 0.516 bits per heavy atom. The summed E-state index contributed by atoms with van der Waals surface area (Å²) in [4.78, 5) is 0. The topological polar surface area (TPSA) is 0 Å². The summed E-state index contributed by atoms with van der Waals surface area (Å²) in [6.45, 7) is 0. The van der Waals surface area contributed by atoms with E-state index in [1.54, 1.807) is 0 Å². The number of hydrogen-bond donors (Lipinski definition) is 0. The van der Waals surface area contributed by atoms with Crippen LogP contribution in [-0.4, -0.2) is 0 Å². The van der Waals surface area contributed by atoms with Crippen molar-refractivity contribution in [2.75, 3.05) is 0 Å². The zero-order chi connectivity index (χ0) is 40.5. The van der Waals surface area contributed by atoms with Crippen LogP contribution in [0.5, 0.6) is 0 Å². The van der Waals surface area contributed by atoms with Crippen LogP contribution in [0, 0.1) is 0 Å². The molecule has 13 aromatic rings. The van der Waals surface area contributed by atoms with Gasteiger partial charge in [0.1, 0.15) is 0 Å². The molecule has 0 saturated heterocycles. The van der Waals surface area contributed by atoms with Gasteiger partial charge in [-0.1, -0.05) is 170 Å². The average Bonchev–Trinajstić information content (AvgIpc) is 3.92. The third-order valence-electron chi connectivity index (χ3n) is 13.4. The highest BCUT2D eigenvalue weighted by molar-refractivity contribution is 7.26. The van der Waals surface area contributed by atoms with Gasteiger partial charge in [0.05, 0.1) is 0 Å². The van der Waals surface area contributed by atoms with Gasteiger partial charge in [0, 0.05) is 40.3 Å². The van der Waals surface area contributed by atoms with Crippen LogP contribution >= 0.6 is 22.7 Å². The highest BCUT2D eigenvalue weighted by Crippen LogP contribution is 2.53. The third-order valence-corrected chi connectivity index (χ3v) is 15.9. The summed E-state index contributed by atoms with van der Waals surface area (Å²) in [6, 6.07) is 77.8. The van der Waals surface area contributed by atoms with Crippen LogP contribution in [0.1, 0.15) is 0 Å². The van der Waals surface area contributed by atoms with Gasteiger partial charge >= 0.3 is 0 Å². The van der Waals surface area contributed by atoms with Gasteiger partial charge in [-0.2, -0.15) is 0 Å². The van der Waals surface area contributed by atoms with Crippen molar-refractivity contribution in [1.29, 1.82) is 0 Å². The zero-order valence-corrected chi connectivity index (χ0v) is 35.1. The van der Waals surface area contributed by atoms with Crippen molar-refractivity contribution in [3.63, 3.8) is 0 Å². The number of thiophene rings is 2. The van der Waals surface area contributed by atoms with Gasteiger partial charge in [0.2, 0.25) is 0 Å².